The Morgan fingerprint density at radius 2 is 1.57 bits per heavy atom. The van der Waals surface area contributed by atoms with Crippen molar-refractivity contribution in [1.29, 1.82) is 0 Å². The highest BCUT2D eigenvalue weighted by Crippen LogP contribution is 2.38. The molecule has 2 amide bonds. The van der Waals surface area contributed by atoms with Gasteiger partial charge in [0.05, 0.1) is 24.0 Å². The van der Waals surface area contributed by atoms with Crippen molar-refractivity contribution < 1.29 is 4.79 Å². The van der Waals surface area contributed by atoms with E-state index >= 15 is 0 Å². The van der Waals surface area contributed by atoms with Crippen LogP contribution in [-0.2, 0) is 0 Å². The summed E-state index contributed by atoms with van der Waals surface area (Å²) in [6.45, 7) is 1.60. The number of hydrogen-bond donors (Lipinski definition) is 0. The quantitative estimate of drug-likeness (QED) is 0.802. The van der Waals surface area contributed by atoms with E-state index in [1.165, 1.54) is 0 Å². The Morgan fingerprint density at radius 1 is 0.905 bits per heavy atom. The number of benzene rings is 2. The molecule has 4 heteroatoms. The van der Waals surface area contributed by atoms with E-state index in [1.807, 2.05) is 58.3 Å². The largest absolute Gasteiger partial charge is 0.371 e. The number of urea groups is 1. The van der Waals surface area contributed by atoms with E-state index in [0.717, 1.165) is 30.2 Å². The average molecular weight is 279 g/mol. The van der Waals surface area contributed by atoms with Crippen molar-refractivity contribution in [2.45, 2.75) is 6.04 Å². The third-order valence-corrected chi connectivity index (χ3v) is 4.30. The summed E-state index contributed by atoms with van der Waals surface area (Å²) in [7, 11) is 2.09. The van der Waals surface area contributed by atoms with Gasteiger partial charge in [-0.2, -0.15) is 0 Å². The van der Waals surface area contributed by atoms with E-state index in [9.17, 15) is 4.79 Å². The maximum atomic E-state index is 12.8. The number of likely N-dealkylation sites (N-methyl/N-ethyl adjacent to an activating group) is 1. The zero-order chi connectivity index (χ0) is 14.4. The van der Waals surface area contributed by atoms with E-state index in [1.54, 1.807) is 0 Å². The molecular weight excluding hydrogens is 262 g/mol. The predicted molar refractivity (Wildman–Crippen MR) is 85.2 cm³/mol. The molecule has 2 aromatic rings. The first-order chi connectivity index (χ1) is 10.3. The lowest BCUT2D eigenvalue weighted by Gasteiger charge is -2.36. The molecule has 1 saturated heterocycles. The molecule has 0 saturated carbocycles. The fourth-order valence-corrected chi connectivity index (χ4v) is 3.32. The van der Waals surface area contributed by atoms with Crippen molar-refractivity contribution in [3.8, 4) is 0 Å². The second-order valence-corrected chi connectivity index (χ2v) is 5.62. The number of amides is 2. The third-order valence-electron chi connectivity index (χ3n) is 4.30. The van der Waals surface area contributed by atoms with Crippen molar-refractivity contribution in [3.05, 3.63) is 54.6 Å². The lowest BCUT2D eigenvalue weighted by molar-refractivity contribution is 0.255. The normalized spacial score (nSPS) is 20.5. The van der Waals surface area contributed by atoms with Crippen LogP contribution in [0.3, 0.4) is 0 Å². The molecule has 0 aromatic heterocycles. The summed E-state index contributed by atoms with van der Waals surface area (Å²) in [6, 6.07) is 18.3. The van der Waals surface area contributed by atoms with Crippen LogP contribution in [0.15, 0.2) is 54.6 Å². The molecule has 2 heterocycles. The molecule has 2 aromatic carbocycles. The van der Waals surface area contributed by atoms with Gasteiger partial charge in [-0.3, -0.25) is 9.80 Å². The average Bonchev–Trinajstić information content (AvgIpc) is 2.85. The van der Waals surface area contributed by atoms with Crippen molar-refractivity contribution in [2.75, 3.05) is 34.8 Å². The van der Waals surface area contributed by atoms with Gasteiger partial charge < -0.3 is 4.90 Å². The van der Waals surface area contributed by atoms with Crippen molar-refractivity contribution >= 4 is 23.1 Å². The monoisotopic (exact) mass is 279 g/mol. The van der Waals surface area contributed by atoms with Gasteiger partial charge in [-0.1, -0.05) is 30.3 Å². The Morgan fingerprint density at radius 3 is 2.33 bits per heavy atom. The second-order valence-electron chi connectivity index (χ2n) is 5.62. The van der Waals surface area contributed by atoms with Gasteiger partial charge in [-0.05, 0) is 24.3 Å². The van der Waals surface area contributed by atoms with Crippen LogP contribution in [0.4, 0.5) is 21.9 Å². The van der Waals surface area contributed by atoms with Crippen molar-refractivity contribution in [2.24, 2.45) is 0 Å². The number of anilines is 3. The fraction of sp³-hybridized carbons (Fsp3) is 0.235. The van der Waals surface area contributed by atoms with Gasteiger partial charge in [0, 0.05) is 19.3 Å². The van der Waals surface area contributed by atoms with Gasteiger partial charge in [0.2, 0.25) is 0 Å². The molecule has 0 aliphatic carbocycles. The minimum atomic E-state index is 0.0757. The number of nitrogens with zero attached hydrogens (tertiary/aromatic N) is 3. The van der Waals surface area contributed by atoms with Crippen LogP contribution in [0.5, 0.6) is 0 Å². The summed E-state index contributed by atoms with van der Waals surface area (Å²) in [5.41, 5.74) is 3.11. The van der Waals surface area contributed by atoms with Crippen LogP contribution in [0.1, 0.15) is 0 Å². The van der Waals surface area contributed by atoms with Crippen molar-refractivity contribution in [3.63, 3.8) is 0 Å². The van der Waals surface area contributed by atoms with Gasteiger partial charge in [-0.25, -0.2) is 4.79 Å². The molecule has 106 valence electrons. The van der Waals surface area contributed by atoms with E-state index in [0.29, 0.717) is 0 Å². The third kappa shape index (κ3) is 1.79. The van der Waals surface area contributed by atoms with Crippen LogP contribution in [0.2, 0.25) is 0 Å². The van der Waals surface area contributed by atoms with Crippen LogP contribution < -0.4 is 14.7 Å². The first-order valence-corrected chi connectivity index (χ1v) is 7.21. The topological polar surface area (TPSA) is 26.8 Å². The Kier molecular flexibility index (Phi) is 2.64. The summed E-state index contributed by atoms with van der Waals surface area (Å²) >= 11 is 0. The number of hydrogen-bond acceptors (Lipinski definition) is 2. The molecule has 1 fully saturated rings. The van der Waals surface area contributed by atoms with Crippen molar-refractivity contribution in [1.82, 2.24) is 0 Å². The number of carbonyl (C=O) groups is 1. The molecule has 2 aliphatic heterocycles. The number of carbonyl (C=O) groups excluding carboxylic acids is 1. The molecule has 4 rings (SSSR count). The molecular formula is C17H17N3O. The summed E-state index contributed by atoms with van der Waals surface area (Å²) in [5.74, 6) is 0. The zero-order valence-electron chi connectivity index (χ0n) is 11.9. The Labute approximate surface area is 124 Å². The summed E-state index contributed by atoms with van der Waals surface area (Å²) < 4.78 is 0. The molecule has 0 spiro atoms. The predicted octanol–water partition coefficient (Wildman–Crippen LogP) is 2.95. The second kappa shape index (κ2) is 4.52. The van der Waals surface area contributed by atoms with Gasteiger partial charge in [-0.15, -0.1) is 0 Å². The molecule has 0 bridgehead atoms. The van der Waals surface area contributed by atoms with Gasteiger partial charge in [0.15, 0.2) is 0 Å². The number of para-hydroxylation sites is 3. The summed E-state index contributed by atoms with van der Waals surface area (Å²) in [5, 5.41) is 0. The maximum Gasteiger partial charge on any atom is 0.329 e. The Bertz CT molecular complexity index is 685. The lowest BCUT2D eigenvalue weighted by Crippen LogP contribution is -2.46. The minimum absolute atomic E-state index is 0.0757. The molecule has 0 N–H and O–H groups in total. The highest BCUT2D eigenvalue weighted by molar-refractivity contribution is 6.09. The minimum Gasteiger partial charge on any atom is -0.371 e. The van der Waals surface area contributed by atoms with Gasteiger partial charge in [0.25, 0.3) is 0 Å². The zero-order valence-corrected chi connectivity index (χ0v) is 11.9. The Hall–Kier alpha value is -2.49. The molecule has 1 unspecified atom stereocenters. The van der Waals surface area contributed by atoms with E-state index in [2.05, 4.69) is 18.0 Å². The molecule has 1 atom stereocenters. The van der Waals surface area contributed by atoms with E-state index in [-0.39, 0.29) is 12.1 Å². The van der Waals surface area contributed by atoms with Gasteiger partial charge >= 0.3 is 6.03 Å². The SMILES string of the molecule is CN1CC2CN(c3ccccc3)C(=O)N2c2ccccc21. The number of fused-ring (bicyclic) bond motifs is 3. The highest BCUT2D eigenvalue weighted by atomic mass is 16.2. The number of rotatable bonds is 1. The van der Waals surface area contributed by atoms with Crippen LogP contribution >= 0.6 is 0 Å². The maximum absolute atomic E-state index is 12.8. The van der Waals surface area contributed by atoms with Gasteiger partial charge in [0.1, 0.15) is 0 Å². The highest BCUT2D eigenvalue weighted by Gasteiger charge is 2.43. The summed E-state index contributed by atoms with van der Waals surface area (Å²) in [4.78, 5) is 18.9. The fourth-order valence-electron chi connectivity index (χ4n) is 3.32. The molecule has 0 radical (unpaired) electrons. The standard InChI is InChI=1S/C17H17N3O/c1-18-11-14-12-19(13-7-3-2-4-8-13)17(21)20(14)16-10-6-5-9-15(16)18/h2-10,14H,11-12H2,1H3. The van der Waals surface area contributed by atoms with E-state index < -0.39 is 0 Å². The first-order valence-electron chi connectivity index (χ1n) is 7.21. The molecule has 21 heavy (non-hydrogen) atoms. The summed E-state index contributed by atoms with van der Waals surface area (Å²) in [6.07, 6.45) is 0. The first kappa shape index (κ1) is 12.3. The Balaban J connectivity index is 1.76. The lowest BCUT2D eigenvalue weighted by atomic mass is 10.1. The van der Waals surface area contributed by atoms with Crippen LogP contribution in [0, 0.1) is 0 Å². The van der Waals surface area contributed by atoms with Crippen LogP contribution in [0.25, 0.3) is 0 Å². The molecule has 2 aliphatic rings. The van der Waals surface area contributed by atoms with Crippen LogP contribution in [-0.4, -0.2) is 32.2 Å². The van der Waals surface area contributed by atoms with E-state index in [4.69, 9.17) is 0 Å². The smallest absolute Gasteiger partial charge is 0.329 e. The molecule has 4 nitrogen and oxygen atoms in total.